The van der Waals surface area contributed by atoms with Gasteiger partial charge in [-0.2, -0.15) is 0 Å². The van der Waals surface area contributed by atoms with Crippen LogP contribution in [0.4, 0.5) is 0 Å². The van der Waals surface area contributed by atoms with E-state index in [9.17, 15) is 9.59 Å². The minimum Gasteiger partial charge on any atom is -0.353 e. The van der Waals surface area contributed by atoms with Crippen molar-refractivity contribution in [3.8, 4) is 0 Å². The van der Waals surface area contributed by atoms with Gasteiger partial charge in [0.2, 0.25) is 0 Å². The first kappa shape index (κ1) is 17.3. The second kappa shape index (κ2) is 7.60. The number of hydrogen-bond acceptors (Lipinski definition) is 5. The zero-order valence-electron chi connectivity index (χ0n) is 13.5. The number of ether oxygens (including phenoxy) is 1. The normalized spacial score (nSPS) is 22.5. The highest BCUT2D eigenvalue weighted by molar-refractivity contribution is 7.99. The van der Waals surface area contributed by atoms with Gasteiger partial charge < -0.3 is 4.74 Å². The second-order valence-corrected chi connectivity index (χ2v) is 6.83. The Balaban J connectivity index is 1.78. The number of rotatable bonds is 5. The molecule has 3 rings (SSSR count). The molecule has 8 nitrogen and oxygen atoms in total. The Labute approximate surface area is 147 Å². The fourth-order valence-corrected chi connectivity index (χ4v) is 3.73. The predicted molar refractivity (Wildman–Crippen MR) is 94.7 cm³/mol. The van der Waals surface area contributed by atoms with Crippen molar-refractivity contribution in [3.63, 3.8) is 0 Å². The van der Waals surface area contributed by atoms with Gasteiger partial charge in [-0.1, -0.05) is 23.3 Å². The molecule has 1 aliphatic rings. The van der Waals surface area contributed by atoms with Crippen LogP contribution in [0.25, 0.3) is 10.4 Å². The van der Waals surface area contributed by atoms with Crippen LogP contribution in [0.3, 0.4) is 0 Å². The molecule has 1 saturated heterocycles. The minimum absolute atomic E-state index is 0.315. The number of hydrogen-bond donors (Lipinski definition) is 1. The van der Waals surface area contributed by atoms with Crippen LogP contribution >= 0.6 is 11.8 Å². The minimum atomic E-state index is -0.570. The van der Waals surface area contributed by atoms with Gasteiger partial charge in [-0.05, 0) is 24.6 Å². The highest BCUT2D eigenvalue weighted by atomic mass is 32.2. The highest BCUT2D eigenvalue weighted by Crippen LogP contribution is 2.33. The fraction of sp³-hybridized carbons (Fsp3) is 0.375. The molecule has 1 aromatic carbocycles. The first-order chi connectivity index (χ1) is 12.1. The van der Waals surface area contributed by atoms with Gasteiger partial charge in [0, 0.05) is 33.7 Å². The van der Waals surface area contributed by atoms with Crippen molar-refractivity contribution in [2.24, 2.45) is 5.11 Å². The molecule has 0 spiro atoms. The molecule has 130 valence electrons. The van der Waals surface area contributed by atoms with Crippen molar-refractivity contribution < 1.29 is 4.74 Å². The summed E-state index contributed by atoms with van der Waals surface area (Å²) in [5, 5.41) is 3.82. The number of H-pyrrole nitrogens is 1. The molecule has 2 heterocycles. The quantitative estimate of drug-likeness (QED) is 0.382. The summed E-state index contributed by atoms with van der Waals surface area (Å²) in [6, 6.07) is 9.47. The average molecular weight is 359 g/mol. The Bertz CT molecular complexity index is 904. The SMILES string of the molecule is Cc1cn(C2CC(N=[N+]=[N-])C(CSc3ccccc3)O2)c(=O)[nH]c1=O. The van der Waals surface area contributed by atoms with Crippen molar-refractivity contribution in [3.05, 3.63) is 73.4 Å². The lowest BCUT2D eigenvalue weighted by molar-refractivity contribution is 0.00817. The molecule has 9 heteroatoms. The molecular formula is C16H17N5O3S. The van der Waals surface area contributed by atoms with Gasteiger partial charge in [0.15, 0.2) is 0 Å². The zero-order chi connectivity index (χ0) is 17.8. The Kier molecular flexibility index (Phi) is 5.28. The molecular weight excluding hydrogens is 342 g/mol. The van der Waals surface area contributed by atoms with Gasteiger partial charge in [-0.3, -0.25) is 14.3 Å². The third-order valence-electron chi connectivity index (χ3n) is 4.02. The molecule has 0 radical (unpaired) electrons. The van der Waals surface area contributed by atoms with E-state index in [0.717, 1.165) is 4.90 Å². The van der Waals surface area contributed by atoms with Gasteiger partial charge >= 0.3 is 5.69 Å². The Morgan fingerprint density at radius 2 is 2.16 bits per heavy atom. The number of nitrogens with one attached hydrogen (secondary N) is 1. The van der Waals surface area contributed by atoms with E-state index in [1.165, 1.54) is 10.8 Å². The smallest absolute Gasteiger partial charge is 0.330 e. The summed E-state index contributed by atoms with van der Waals surface area (Å²) in [5.41, 5.74) is 8.28. The average Bonchev–Trinajstić information content (AvgIpc) is 3.00. The molecule has 3 unspecified atom stereocenters. The third-order valence-corrected chi connectivity index (χ3v) is 5.12. The monoisotopic (exact) mass is 359 g/mol. The molecule has 2 aromatic rings. The maximum absolute atomic E-state index is 12.0. The van der Waals surface area contributed by atoms with Crippen LogP contribution in [0.2, 0.25) is 0 Å². The number of nitrogens with zero attached hydrogens (tertiary/aromatic N) is 4. The summed E-state index contributed by atoms with van der Waals surface area (Å²) in [5.74, 6) is 0.598. The van der Waals surface area contributed by atoms with Gasteiger partial charge in [0.1, 0.15) is 6.23 Å². The van der Waals surface area contributed by atoms with E-state index in [2.05, 4.69) is 15.0 Å². The molecule has 1 aliphatic heterocycles. The molecule has 1 N–H and O–H groups in total. The summed E-state index contributed by atoms with van der Waals surface area (Å²) >= 11 is 1.60. The molecule has 0 amide bonds. The first-order valence-electron chi connectivity index (χ1n) is 7.78. The van der Waals surface area contributed by atoms with Crippen molar-refractivity contribution >= 4 is 11.8 Å². The van der Waals surface area contributed by atoms with E-state index in [0.29, 0.717) is 17.7 Å². The maximum atomic E-state index is 12.0. The summed E-state index contributed by atoms with van der Waals surface area (Å²) < 4.78 is 7.32. The number of azide groups is 1. The van der Waals surface area contributed by atoms with Crippen molar-refractivity contribution in [1.82, 2.24) is 9.55 Å². The van der Waals surface area contributed by atoms with E-state index >= 15 is 0 Å². The maximum Gasteiger partial charge on any atom is 0.330 e. The van der Waals surface area contributed by atoms with Gasteiger partial charge in [0.25, 0.3) is 5.56 Å². The Morgan fingerprint density at radius 3 is 2.88 bits per heavy atom. The molecule has 0 bridgehead atoms. The second-order valence-electron chi connectivity index (χ2n) is 5.74. The van der Waals surface area contributed by atoms with E-state index in [-0.39, 0.29) is 12.1 Å². The van der Waals surface area contributed by atoms with E-state index < -0.39 is 17.5 Å². The van der Waals surface area contributed by atoms with Crippen LogP contribution in [0, 0.1) is 6.92 Å². The zero-order valence-corrected chi connectivity index (χ0v) is 14.3. The molecule has 0 aliphatic carbocycles. The van der Waals surface area contributed by atoms with Crippen LogP contribution in [-0.2, 0) is 4.74 Å². The topological polar surface area (TPSA) is 113 Å². The lowest BCUT2D eigenvalue weighted by Gasteiger charge is -2.16. The molecule has 1 fully saturated rings. The Morgan fingerprint density at radius 1 is 1.40 bits per heavy atom. The molecule has 0 saturated carbocycles. The summed E-state index contributed by atoms with van der Waals surface area (Å²) in [6.45, 7) is 1.62. The lowest BCUT2D eigenvalue weighted by atomic mass is 10.1. The number of benzene rings is 1. The third kappa shape index (κ3) is 3.96. The standard InChI is InChI=1S/C16H17N5O3S/c1-10-8-21(16(23)18-15(10)22)14-7-12(19-20-17)13(24-14)9-25-11-5-3-2-4-6-11/h2-6,8,12-14H,7,9H2,1H3,(H,18,22,23). The summed E-state index contributed by atoms with van der Waals surface area (Å²) in [4.78, 5) is 29.8. The lowest BCUT2D eigenvalue weighted by Crippen LogP contribution is -2.33. The van der Waals surface area contributed by atoms with Crippen LogP contribution in [-0.4, -0.2) is 27.4 Å². The van der Waals surface area contributed by atoms with E-state index in [1.807, 2.05) is 30.3 Å². The van der Waals surface area contributed by atoms with Crippen molar-refractivity contribution in [2.75, 3.05) is 5.75 Å². The van der Waals surface area contributed by atoms with Crippen LogP contribution < -0.4 is 11.2 Å². The molecule has 25 heavy (non-hydrogen) atoms. The number of aryl methyl sites for hydroxylation is 1. The molecule has 1 aromatic heterocycles. The van der Waals surface area contributed by atoms with Gasteiger partial charge in [-0.15, -0.1) is 11.8 Å². The highest BCUT2D eigenvalue weighted by Gasteiger charge is 2.36. The largest absolute Gasteiger partial charge is 0.353 e. The summed E-state index contributed by atoms with van der Waals surface area (Å²) in [7, 11) is 0. The van der Waals surface area contributed by atoms with Crippen LogP contribution in [0.15, 0.2) is 56.1 Å². The number of aromatic nitrogens is 2. The fourth-order valence-electron chi connectivity index (χ4n) is 2.72. The van der Waals surface area contributed by atoms with Crippen LogP contribution in [0.1, 0.15) is 18.2 Å². The van der Waals surface area contributed by atoms with Gasteiger partial charge in [-0.25, -0.2) is 4.79 Å². The van der Waals surface area contributed by atoms with E-state index in [1.54, 1.807) is 18.7 Å². The first-order valence-corrected chi connectivity index (χ1v) is 8.76. The predicted octanol–water partition coefficient (Wildman–Crippen LogP) is 2.60. The number of thioether (sulfide) groups is 1. The van der Waals surface area contributed by atoms with Crippen molar-refractivity contribution in [2.45, 2.75) is 36.6 Å². The van der Waals surface area contributed by atoms with Crippen LogP contribution in [0.5, 0.6) is 0 Å². The van der Waals surface area contributed by atoms with Crippen molar-refractivity contribution in [1.29, 1.82) is 0 Å². The molecule has 3 atom stereocenters. The number of aromatic amines is 1. The summed E-state index contributed by atoms with van der Waals surface area (Å²) in [6.07, 6.45) is 0.978. The van der Waals surface area contributed by atoms with Gasteiger partial charge in [0.05, 0.1) is 12.1 Å². The Hall–Kier alpha value is -2.48. The van der Waals surface area contributed by atoms with E-state index in [4.69, 9.17) is 10.3 Å².